The Morgan fingerprint density at radius 3 is 2.73 bits per heavy atom. The standard InChI is InChI=1S/C18H19FN4O2S/c1-12-15(8-10-25-12)17-21-22-18(23(17)2)26-11-16(24)20-9-7-13-3-5-14(19)6-4-13/h3-6,8,10H,7,9,11H2,1-2H3,(H,20,24). The topological polar surface area (TPSA) is 72.9 Å². The van der Waals surface area contributed by atoms with Crippen molar-refractivity contribution in [3.63, 3.8) is 0 Å². The molecule has 0 unspecified atom stereocenters. The SMILES string of the molecule is Cc1occc1-c1nnc(SCC(=O)NCCc2ccc(F)cc2)n1C. The van der Waals surface area contributed by atoms with Crippen molar-refractivity contribution < 1.29 is 13.6 Å². The summed E-state index contributed by atoms with van der Waals surface area (Å²) in [5.74, 6) is 1.38. The van der Waals surface area contributed by atoms with Crippen molar-refractivity contribution >= 4 is 17.7 Å². The number of carbonyl (C=O) groups is 1. The summed E-state index contributed by atoms with van der Waals surface area (Å²) in [5, 5.41) is 11.8. The van der Waals surface area contributed by atoms with E-state index in [1.54, 1.807) is 18.4 Å². The second-order valence-electron chi connectivity index (χ2n) is 5.77. The van der Waals surface area contributed by atoms with Gasteiger partial charge in [0.25, 0.3) is 0 Å². The second kappa shape index (κ2) is 8.18. The van der Waals surface area contributed by atoms with Crippen LogP contribution in [0, 0.1) is 12.7 Å². The van der Waals surface area contributed by atoms with Crippen LogP contribution in [0.15, 0.2) is 46.2 Å². The largest absolute Gasteiger partial charge is 0.469 e. The van der Waals surface area contributed by atoms with Crippen molar-refractivity contribution in [2.45, 2.75) is 18.5 Å². The van der Waals surface area contributed by atoms with E-state index in [4.69, 9.17) is 4.42 Å². The molecule has 0 atom stereocenters. The molecule has 0 saturated heterocycles. The molecule has 0 bridgehead atoms. The zero-order chi connectivity index (χ0) is 18.5. The molecule has 0 spiro atoms. The molecule has 6 nitrogen and oxygen atoms in total. The zero-order valence-electron chi connectivity index (χ0n) is 14.5. The molecule has 0 aliphatic carbocycles. The van der Waals surface area contributed by atoms with Crippen LogP contribution in [0.2, 0.25) is 0 Å². The number of nitrogens with zero attached hydrogens (tertiary/aromatic N) is 3. The first-order valence-corrected chi connectivity index (χ1v) is 9.11. The van der Waals surface area contributed by atoms with Gasteiger partial charge < -0.3 is 14.3 Å². The Morgan fingerprint density at radius 2 is 2.04 bits per heavy atom. The molecule has 0 aliphatic rings. The average molecular weight is 374 g/mol. The first-order chi connectivity index (χ1) is 12.5. The molecule has 0 radical (unpaired) electrons. The van der Waals surface area contributed by atoms with E-state index in [0.29, 0.717) is 23.9 Å². The minimum absolute atomic E-state index is 0.0823. The average Bonchev–Trinajstić information content (AvgIpc) is 3.20. The summed E-state index contributed by atoms with van der Waals surface area (Å²) in [6, 6.07) is 8.11. The molecule has 0 aliphatic heterocycles. The van der Waals surface area contributed by atoms with Crippen LogP contribution in [0.4, 0.5) is 4.39 Å². The predicted molar refractivity (Wildman–Crippen MR) is 97.3 cm³/mol. The summed E-state index contributed by atoms with van der Waals surface area (Å²) >= 11 is 1.32. The summed E-state index contributed by atoms with van der Waals surface area (Å²) in [7, 11) is 1.86. The van der Waals surface area contributed by atoms with Crippen molar-refractivity contribution in [1.82, 2.24) is 20.1 Å². The van der Waals surface area contributed by atoms with Gasteiger partial charge in [0.2, 0.25) is 5.91 Å². The van der Waals surface area contributed by atoms with Gasteiger partial charge in [-0.05, 0) is 37.1 Å². The lowest BCUT2D eigenvalue weighted by atomic mass is 10.1. The van der Waals surface area contributed by atoms with Crippen molar-refractivity contribution in [3.05, 3.63) is 53.7 Å². The zero-order valence-corrected chi connectivity index (χ0v) is 15.3. The van der Waals surface area contributed by atoms with Crippen LogP contribution in [-0.4, -0.2) is 33.0 Å². The van der Waals surface area contributed by atoms with Crippen LogP contribution in [0.1, 0.15) is 11.3 Å². The molecule has 136 valence electrons. The summed E-state index contributed by atoms with van der Waals surface area (Å²) < 4.78 is 20.0. The Hall–Kier alpha value is -2.61. The fraction of sp³-hybridized carbons (Fsp3) is 0.278. The monoisotopic (exact) mass is 374 g/mol. The summed E-state index contributed by atoms with van der Waals surface area (Å²) in [4.78, 5) is 12.0. The highest BCUT2D eigenvalue weighted by molar-refractivity contribution is 7.99. The van der Waals surface area contributed by atoms with Crippen LogP contribution < -0.4 is 5.32 Å². The molecule has 0 saturated carbocycles. The fourth-order valence-electron chi connectivity index (χ4n) is 2.47. The predicted octanol–water partition coefficient (Wildman–Crippen LogP) is 2.97. The molecule has 3 aromatic rings. The number of nitrogens with one attached hydrogen (secondary N) is 1. The Balaban J connectivity index is 1.48. The van der Waals surface area contributed by atoms with E-state index < -0.39 is 0 Å². The molecule has 1 N–H and O–H groups in total. The van der Waals surface area contributed by atoms with Gasteiger partial charge in [0.15, 0.2) is 11.0 Å². The highest BCUT2D eigenvalue weighted by Crippen LogP contribution is 2.25. The van der Waals surface area contributed by atoms with Gasteiger partial charge in [-0.25, -0.2) is 4.39 Å². The number of furan rings is 1. The number of aryl methyl sites for hydroxylation is 1. The van der Waals surface area contributed by atoms with E-state index in [1.165, 1.54) is 23.9 Å². The molecule has 8 heteroatoms. The van der Waals surface area contributed by atoms with E-state index in [9.17, 15) is 9.18 Å². The van der Waals surface area contributed by atoms with Gasteiger partial charge in [0.1, 0.15) is 11.6 Å². The van der Waals surface area contributed by atoms with E-state index >= 15 is 0 Å². The molecule has 1 amide bonds. The summed E-state index contributed by atoms with van der Waals surface area (Å²) in [6.07, 6.45) is 2.27. The number of amides is 1. The van der Waals surface area contributed by atoms with E-state index in [2.05, 4.69) is 15.5 Å². The Labute approximate surface area is 154 Å². The minimum Gasteiger partial charge on any atom is -0.469 e. The third-order valence-corrected chi connectivity index (χ3v) is 4.94. The third kappa shape index (κ3) is 4.32. The van der Waals surface area contributed by atoms with Gasteiger partial charge in [-0.2, -0.15) is 0 Å². The quantitative estimate of drug-likeness (QED) is 0.644. The smallest absolute Gasteiger partial charge is 0.230 e. The number of rotatable bonds is 7. The van der Waals surface area contributed by atoms with Crippen molar-refractivity contribution in [3.8, 4) is 11.4 Å². The lowest BCUT2D eigenvalue weighted by molar-refractivity contribution is -0.118. The van der Waals surface area contributed by atoms with E-state index in [1.807, 2.05) is 24.6 Å². The Bertz CT molecular complexity index is 889. The number of hydrogen-bond donors (Lipinski definition) is 1. The minimum atomic E-state index is -0.261. The third-order valence-electron chi connectivity index (χ3n) is 3.92. The maximum absolute atomic E-state index is 12.9. The molecule has 26 heavy (non-hydrogen) atoms. The van der Waals surface area contributed by atoms with Crippen molar-refractivity contribution in [2.24, 2.45) is 7.05 Å². The van der Waals surface area contributed by atoms with Crippen molar-refractivity contribution in [1.29, 1.82) is 0 Å². The van der Waals surface area contributed by atoms with Gasteiger partial charge in [-0.1, -0.05) is 23.9 Å². The van der Waals surface area contributed by atoms with Crippen LogP contribution in [0.3, 0.4) is 0 Å². The molecule has 2 aromatic heterocycles. The summed E-state index contributed by atoms with van der Waals surface area (Å²) in [5.41, 5.74) is 1.86. The highest BCUT2D eigenvalue weighted by atomic mass is 32.2. The van der Waals surface area contributed by atoms with Gasteiger partial charge in [-0.3, -0.25) is 4.79 Å². The second-order valence-corrected chi connectivity index (χ2v) is 6.71. The molecular formula is C18H19FN4O2S. The van der Waals surface area contributed by atoms with E-state index in [-0.39, 0.29) is 17.5 Å². The van der Waals surface area contributed by atoms with E-state index in [0.717, 1.165) is 16.9 Å². The van der Waals surface area contributed by atoms with Gasteiger partial charge in [0.05, 0.1) is 17.6 Å². The number of hydrogen-bond acceptors (Lipinski definition) is 5. The lowest BCUT2D eigenvalue weighted by Crippen LogP contribution is -2.27. The molecular weight excluding hydrogens is 355 g/mol. The molecule has 2 heterocycles. The summed E-state index contributed by atoms with van der Waals surface area (Å²) in [6.45, 7) is 2.37. The van der Waals surface area contributed by atoms with Gasteiger partial charge >= 0.3 is 0 Å². The first kappa shape index (κ1) is 18.2. The normalized spacial score (nSPS) is 10.9. The van der Waals surface area contributed by atoms with Crippen molar-refractivity contribution in [2.75, 3.05) is 12.3 Å². The maximum atomic E-state index is 12.9. The number of halogens is 1. The van der Waals surface area contributed by atoms with Crippen LogP contribution in [0.25, 0.3) is 11.4 Å². The Morgan fingerprint density at radius 1 is 1.27 bits per heavy atom. The van der Waals surface area contributed by atoms with Gasteiger partial charge in [0, 0.05) is 13.6 Å². The number of thioether (sulfide) groups is 1. The number of benzene rings is 1. The fourth-order valence-corrected chi connectivity index (χ4v) is 3.21. The molecule has 1 aromatic carbocycles. The molecule has 0 fully saturated rings. The van der Waals surface area contributed by atoms with Crippen LogP contribution in [0.5, 0.6) is 0 Å². The highest BCUT2D eigenvalue weighted by Gasteiger charge is 2.15. The maximum Gasteiger partial charge on any atom is 0.230 e. The molecule has 3 rings (SSSR count). The number of carbonyl (C=O) groups excluding carboxylic acids is 1. The lowest BCUT2D eigenvalue weighted by Gasteiger charge is -2.06. The Kier molecular flexibility index (Phi) is 5.72. The van der Waals surface area contributed by atoms with Gasteiger partial charge in [-0.15, -0.1) is 10.2 Å². The van der Waals surface area contributed by atoms with Crippen LogP contribution >= 0.6 is 11.8 Å². The number of aromatic nitrogens is 3. The van der Waals surface area contributed by atoms with Crippen LogP contribution in [-0.2, 0) is 18.3 Å². The first-order valence-electron chi connectivity index (χ1n) is 8.12.